The van der Waals surface area contributed by atoms with Crippen LogP contribution in [0.2, 0.25) is 0 Å². The lowest BCUT2D eigenvalue weighted by molar-refractivity contribution is -0.153. The Morgan fingerprint density at radius 1 is 1.19 bits per heavy atom. The maximum absolute atomic E-state index is 13.8. The van der Waals surface area contributed by atoms with Gasteiger partial charge in [-0.15, -0.1) is 0 Å². The summed E-state index contributed by atoms with van der Waals surface area (Å²) < 4.78 is 0. The fourth-order valence-corrected chi connectivity index (χ4v) is 6.05. The van der Waals surface area contributed by atoms with E-state index in [1.54, 1.807) is 20.2 Å². The van der Waals surface area contributed by atoms with E-state index in [1.165, 1.54) is 11.0 Å². The predicted molar refractivity (Wildman–Crippen MR) is 135 cm³/mol. The van der Waals surface area contributed by atoms with Crippen molar-refractivity contribution in [2.45, 2.75) is 51.8 Å². The average Bonchev–Trinajstić information content (AvgIpc) is 2.76. The Balaban J connectivity index is 1.86. The zero-order valence-corrected chi connectivity index (χ0v) is 21.8. The molecule has 1 aromatic carbocycles. The summed E-state index contributed by atoms with van der Waals surface area (Å²) >= 11 is 0. The van der Waals surface area contributed by atoms with Crippen LogP contribution in [0.15, 0.2) is 29.0 Å². The normalized spacial score (nSPS) is 27.8. The lowest BCUT2D eigenvalue weighted by atomic mass is 9.57. The Bertz CT molecular complexity index is 1260. The number of likely N-dealkylation sites (N-methyl/N-ethyl adjacent to an activating group) is 1. The van der Waals surface area contributed by atoms with Crippen LogP contribution in [0.1, 0.15) is 43.9 Å². The maximum Gasteiger partial charge on any atom is 0.255 e. The number of nitrogens with one attached hydrogen (secondary N) is 1. The number of benzene rings is 1. The number of hydrogen-bond acceptors (Lipinski definition) is 9. The molecule has 0 radical (unpaired) electrons. The molecule has 0 aromatic heterocycles. The minimum atomic E-state index is -2.63. The Morgan fingerprint density at radius 3 is 2.41 bits per heavy atom. The Morgan fingerprint density at radius 2 is 1.84 bits per heavy atom. The van der Waals surface area contributed by atoms with Crippen molar-refractivity contribution < 1.29 is 34.8 Å². The van der Waals surface area contributed by atoms with Gasteiger partial charge in [0.15, 0.2) is 11.4 Å². The number of aliphatic hydroxyl groups is 3. The van der Waals surface area contributed by atoms with Gasteiger partial charge >= 0.3 is 0 Å². The number of carbonyl (C=O) groups excluding carboxylic acids is 3. The quantitative estimate of drug-likeness (QED) is 0.315. The van der Waals surface area contributed by atoms with E-state index < -0.39 is 58.0 Å². The topological polar surface area (TPSA) is 173 Å². The molecule has 10 nitrogen and oxygen atoms in total. The van der Waals surface area contributed by atoms with Gasteiger partial charge in [0.1, 0.15) is 22.8 Å². The Labute approximate surface area is 215 Å². The number of primary amides is 1. The van der Waals surface area contributed by atoms with Crippen LogP contribution in [0.3, 0.4) is 0 Å². The summed E-state index contributed by atoms with van der Waals surface area (Å²) in [5.41, 5.74) is 3.40. The number of aromatic hydroxyl groups is 1. The van der Waals surface area contributed by atoms with Crippen LogP contribution < -0.4 is 11.1 Å². The minimum absolute atomic E-state index is 0.0421. The third-order valence-electron chi connectivity index (χ3n) is 7.67. The first kappa shape index (κ1) is 26.8. The van der Waals surface area contributed by atoms with Crippen LogP contribution in [0.5, 0.6) is 5.75 Å². The van der Waals surface area contributed by atoms with E-state index in [4.69, 9.17) is 5.73 Å². The summed E-state index contributed by atoms with van der Waals surface area (Å²) in [5.74, 6) is -6.51. The smallest absolute Gasteiger partial charge is 0.255 e. The van der Waals surface area contributed by atoms with Gasteiger partial charge < -0.3 is 31.5 Å². The Hall–Kier alpha value is -3.21. The first-order valence-electron chi connectivity index (χ1n) is 12.3. The fraction of sp³-hybridized carbons (Fsp3) is 0.519. The zero-order valence-electron chi connectivity index (χ0n) is 21.8. The Kier molecular flexibility index (Phi) is 6.51. The molecule has 4 rings (SSSR count). The second-order valence-corrected chi connectivity index (χ2v) is 11.7. The first-order valence-corrected chi connectivity index (χ1v) is 12.3. The van der Waals surface area contributed by atoms with Gasteiger partial charge in [-0.2, -0.15) is 0 Å². The number of Topliss-reactive ketones (excluding diaryl/α,β-unsaturated/α-hetero) is 2. The van der Waals surface area contributed by atoms with Crippen LogP contribution in [0, 0.1) is 17.3 Å². The lowest BCUT2D eigenvalue weighted by Crippen LogP contribution is -2.65. The number of phenolic OH excluding ortho intramolecular Hbond substituents is 1. The van der Waals surface area contributed by atoms with Crippen LogP contribution >= 0.6 is 0 Å². The van der Waals surface area contributed by atoms with Crippen LogP contribution in [-0.2, 0) is 27.3 Å². The van der Waals surface area contributed by atoms with Crippen LogP contribution in [0.25, 0.3) is 5.76 Å². The molecule has 1 saturated carbocycles. The van der Waals surface area contributed by atoms with Gasteiger partial charge in [-0.1, -0.05) is 26.8 Å². The van der Waals surface area contributed by atoms with E-state index in [-0.39, 0.29) is 35.1 Å². The van der Waals surface area contributed by atoms with E-state index in [1.807, 2.05) is 0 Å². The van der Waals surface area contributed by atoms with Crippen LogP contribution in [-0.4, -0.2) is 75.1 Å². The zero-order chi connectivity index (χ0) is 27.6. The summed E-state index contributed by atoms with van der Waals surface area (Å²) in [4.78, 5) is 40.5. The SMILES string of the molecule is CN(C)[C@@H]1C(=O)C(C(N)=O)=C(O)[C@@]2(O)C(=O)C3=C(O)c4c(O)ccc(CNCC(C)(C)C)c4C[C@H]3C[C@@H]12. The number of amides is 1. The van der Waals surface area contributed by atoms with Crippen molar-refractivity contribution in [3.05, 3.63) is 45.7 Å². The second-order valence-electron chi connectivity index (χ2n) is 11.7. The predicted octanol–water partition coefficient (Wildman–Crippen LogP) is 1.10. The molecule has 1 amide bonds. The number of nitrogens with zero attached hydrogens (tertiary/aromatic N) is 1. The van der Waals surface area contributed by atoms with Crippen molar-refractivity contribution in [3.8, 4) is 5.75 Å². The molecule has 0 bridgehead atoms. The molecule has 1 aromatic rings. The molecule has 0 spiro atoms. The molecule has 4 atom stereocenters. The van der Waals surface area contributed by atoms with Crippen molar-refractivity contribution in [3.63, 3.8) is 0 Å². The largest absolute Gasteiger partial charge is 0.508 e. The third-order valence-corrected chi connectivity index (χ3v) is 7.67. The van der Waals surface area contributed by atoms with E-state index in [2.05, 4.69) is 26.1 Å². The van der Waals surface area contributed by atoms with Crippen LogP contribution in [0.4, 0.5) is 0 Å². The van der Waals surface area contributed by atoms with Crippen molar-refractivity contribution in [1.82, 2.24) is 10.2 Å². The van der Waals surface area contributed by atoms with Crippen molar-refractivity contribution in [2.24, 2.45) is 23.0 Å². The molecule has 0 saturated heterocycles. The second kappa shape index (κ2) is 8.97. The van der Waals surface area contributed by atoms with Gasteiger partial charge in [0.25, 0.3) is 5.91 Å². The molecule has 0 unspecified atom stereocenters. The summed E-state index contributed by atoms with van der Waals surface area (Å²) in [5, 5.41) is 47.8. The minimum Gasteiger partial charge on any atom is -0.508 e. The number of fused-ring (bicyclic) bond motifs is 3. The molecule has 0 aliphatic heterocycles. The number of aliphatic hydroxyl groups excluding tert-OH is 2. The van der Waals surface area contributed by atoms with E-state index in [0.29, 0.717) is 12.1 Å². The van der Waals surface area contributed by atoms with Gasteiger partial charge in [-0.3, -0.25) is 19.3 Å². The monoisotopic (exact) mass is 513 g/mol. The van der Waals surface area contributed by atoms with Crippen molar-refractivity contribution in [1.29, 1.82) is 0 Å². The number of phenols is 1. The number of nitrogens with two attached hydrogens (primary N) is 1. The molecule has 7 N–H and O–H groups in total. The summed E-state index contributed by atoms with van der Waals surface area (Å²) in [6.45, 7) is 7.50. The van der Waals surface area contributed by atoms with Gasteiger partial charge in [0.2, 0.25) is 5.78 Å². The standard InChI is InChI=1S/C27H35N3O7/c1-26(2,3)11-29-10-12-6-7-16(31)18-14(12)8-13-9-15-20(30(4)5)22(33)19(25(28)36)24(35)27(15,37)23(34)17(13)21(18)32/h6-7,13,15,20,29,31-32,35,37H,8-11H2,1-5H3,(H2,28,36)/t13-,15-,20-,27-/m0/s1. The van der Waals surface area contributed by atoms with E-state index in [9.17, 15) is 34.8 Å². The highest BCUT2D eigenvalue weighted by molar-refractivity contribution is 6.24. The molecule has 10 heteroatoms. The number of hydrogen-bond donors (Lipinski definition) is 6. The third kappa shape index (κ3) is 4.13. The number of ketones is 2. The molecule has 3 aliphatic carbocycles. The lowest BCUT2D eigenvalue weighted by Gasteiger charge is -2.50. The molecule has 37 heavy (non-hydrogen) atoms. The van der Waals surface area contributed by atoms with E-state index >= 15 is 0 Å². The number of carbonyl (C=O) groups is 3. The molecule has 3 aliphatic rings. The summed E-state index contributed by atoms with van der Waals surface area (Å²) in [7, 11) is 3.15. The van der Waals surface area contributed by atoms with Gasteiger partial charge in [0, 0.05) is 24.6 Å². The van der Waals surface area contributed by atoms with Crippen molar-refractivity contribution in [2.75, 3.05) is 20.6 Å². The number of rotatable bonds is 5. The molecule has 1 fully saturated rings. The molecular formula is C27H35N3O7. The first-order chi connectivity index (χ1) is 17.1. The maximum atomic E-state index is 13.8. The van der Waals surface area contributed by atoms with Gasteiger partial charge in [-0.25, -0.2) is 0 Å². The highest BCUT2D eigenvalue weighted by atomic mass is 16.3. The van der Waals surface area contributed by atoms with Crippen molar-refractivity contribution >= 4 is 23.2 Å². The van der Waals surface area contributed by atoms with Gasteiger partial charge in [0.05, 0.1) is 11.6 Å². The molecule has 200 valence electrons. The van der Waals surface area contributed by atoms with Gasteiger partial charge in [-0.05, 0) is 55.5 Å². The van der Waals surface area contributed by atoms with E-state index in [0.717, 1.165) is 12.1 Å². The highest BCUT2D eigenvalue weighted by Gasteiger charge is 2.64. The fourth-order valence-electron chi connectivity index (χ4n) is 6.05. The summed E-state index contributed by atoms with van der Waals surface area (Å²) in [6.07, 6.45) is 0.339. The molecule has 0 heterocycles. The summed E-state index contributed by atoms with van der Waals surface area (Å²) in [6, 6.07) is 2.11. The average molecular weight is 514 g/mol. The highest BCUT2D eigenvalue weighted by Crippen LogP contribution is 2.52. The molecular weight excluding hydrogens is 478 g/mol.